The maximum absolute atomic E-state index is 12.9. The van der Waals surface area contributed by atoms with Gasteiger partial charge in [0.2, 0.25) is 0 Å². The van der Waals surface area contributed by atoms with Gasteiger partial charge in [-0.2, -0.15) is 0 Å². The Balaban J connectivity index is 2.05. The summed E-state index contributed by atoms with van der Waals surface area (Å²) in [5, 5.41) is 3.90. The number of hydrogen-bond acceptors (Lipinski definition) is 4. The van der Waals surface area contributed by atoms with Crippen molar-refractivity contribution in [2.45, 2.75) is 47.0 Å². The van der Waals surface area contributed by atoms with E-state index in [0.29, 0.717) is 11.3 Å². The summed E-state index contributed by atoms with van der Waals surface area (Å²) in [7, 11) is 0. The second-order valence-electron chi connectivity index (χ2n) is 6.66. The van der Waals surface area contributed by atoms with Gasteiger partial charge in [-0.3, -0.25) is 9.59 Å². The Labute approximate surface area is 141 Å². The molecule has 0 aliphatic heterocycles. The van der Waals surface area contributed by atoms with Crippen molar-refractivity contribution in [3.8, 4) is 0 Å². The van der Waals surface area contributed by atoms with Crippen LogP contribution in [0.25, 0.3) is 6.08 Å². The van der Waals surface area contributed by atoms with E-state index in [9.17, 15) is 9.59 Å². The Bertz CT molecular complexity index is 844. The molecule has 0 saturated heterocycles. The lowest BCUT2D eigenvalue weighted by molar-refractivity contribution is -0.123. The smallest absolute Gasteiger partial charge is 0.174 e. The third kappa shape index (κ3) is 2.62. The van der Waals surface area contributed by atoms with Crippen molar-refractivity contribution in [3.63, 3.8) is 0 Å². The molecule has 1 saturated carbocycles. The Morgan fingerprint density at radius 3 is 2.25 bits per heavy atom. The Morgan fingerprint density at radius 1 is 1.08 bits per heavy atom. The van der Waals surface area contributed by atoms with Crippen LogP contribution in [-0.2, 0) is 9.59 Å². The summed E-state index contributed by atoms with van der Waals surface area (Å²) in [6.07, 6.45) is 1.93. The zero-order valence-electron chi connectivity index (χ0n) is 14.7. The first-order valence-corrected chi connectivity index (χ1v) is 8.07. The molecule has 0 N–H and O–H groups in total. The number of benzene rings is 1. The average Bonchev–Trinajstić information content (AvgIpc) is 2.94. The molecule has 124 valence electrons. The number of aryl methyl sites for hydroxylation is 5. The SMILES string of the molecule is Cc1cc(C)c(C2C(=O)C/C(=C\c3c(C)noc3C)C2=O)c(C)c1. The van der Waals surface area contributed by atoms with Crippen molar-refractivity contribution >= 4 is 17.6 Å². The number of allylic oxidation sites excluding steroid dienone is 1. The molecule has 3 rings (SSSR count). The molecular formula is C20H21NO3. The quantitative estimate of drug-likeness (QED) is 0.621. The van der Waals surface area contributed by atoms with Crippen LogP contribution >= 0.6 is 0 Å². The molecule has 1 heterocycles. The topological polar surface area (TPSA) is 60.2 Å². The van der Waals surface area contributed by atoms with Gasteiger partial charge in [0.1, 0.15) is 11.7 Å². The Hall–Kier alpha value is -2.49. The van der Waals surface area contributed by atoms with Gasteiger partial charge >= 0.3 is 0 Å². The van der Waals surface area contributed by atoms with E-state index in [1.807, 2.05) is 39.8 Å². The maximum atomic E-state index is 12.9. The van der Waals surface area contributed by atoms with E-state index in [2.05, 4.69) is 5.16 Å². The molecule has 4 nitrogen and oxygen atoms in total. The van der Waals surface area contributed by atoms with Crippen LogP contribution in [0, 0.1) is 34.6 Å². The van der Waals surface area contributed by atoms with E-state index >= 15 is 0 Å². The third-order valence-corrected chi connectivity index (χ3v) is 4.70. The minimum Gasteiger partial charge on any atom is -0.361 e. The highest BCUT2D eigenvalue weighted by Crippen LogP contribution is 2.37. The lowest BCUT2D eigenvalue weighted by atomic mass is 9.87. The van der Waals surface area contributed by atoms with E-state index < -0.39 is 5.92 Å². The van der Waals surface area contributed by atoms with Gasteiger partial charge in [0.25, 0.3) is 0 Å². The molecule has 0 radical (unpaired) electrons. The Morgan fingerprint density at radius 2 is 1.71 bits per heavy atom. The molecule has 1 aromatic heterocycles. The zero-order valence-corrected chi connectivity index (χ0v) is 14.7. The summed E-state index contributed by atoms with van der Waals surface area (Å²) < 4.78 is 5.14. The molecule has 1 atom stereocenters. The monoisotopic (exact) mass is 323 g/mol. The van der Waals surface area contributed by atoms with Gasteiger partial charge < -0.3 is 4.52 Å². The van der Waals surface area contributed by atoms with Crippen LogP contribution in [0.2, 0.25) is 0 Å². The van der Waals surface area contributed by atoms with Gasteiger partial charge in [-0.1, -0.05) is 22.9 Å². The largest absolute Gasteiger partial charge is 0.361 e. The molecule has 1 fully saturated rings. The molecule has 0 amide bonds. The summed E-state index contributed by atoms with van der Waals surface area (Å²) in [5.41, 5.74) is 6.06. The highest BCUT2D eigenvalue weighted by atomic mass is 16.5. The normalized spacial score (nSPS) is 19.5. The summed E-state index contributed by atoms with van der Waals surface area (Å²) in [6, 6.07) is 4.05. The fourth-order valence-electron chi connectivity index (χ4n) is 3.64. The van der Waals surface area contributed by atoms with E-state index in [1.54, 1.807) is 13.0 Å². The number of carbonyl (C=O) groups excluding carboxylic acids is 2. The number of hydrogen-bond donors (Lipinski definition) is 0. The van der Waals surface area contributed by atoms with Gasteiger partial charge in [-0.25, -0.2) is 0 Å². The van der Waals surface area contributed by atoms with Crippen molar-refractivity contribution in [1.82, 2.24) is 5.16 Å². The molecule has 1 aliphatic carbocycles. The second-order valence-corrected chi connectivity index (χ2v) is 6.66. The molecule has 1 unspecified atom stereocenters. The second kappa shape index (κ2) is 5.86. The summed E-state index contributed by atoms with van der Waals surface area (Å²) >= 11 is 0. The van der Waals surface area contributed by atoms with E-state index in [1.165, 1.54) is 0 Å². The third-order valence-electron chi connectivity index (χ3n) is 4.70. The van der Waals surface area contributed by atoms with Gasteiger partial charge in [0, 0.05) is 17.6 Å². The zero-order chi connectivity index (χ0) is 17.6. The highest BCUT2D eigenvalue weighted by molar-refractivity contribution is 6.24. The minimum atomic E-state index is -0.683. The molecule has 2 aromatic rings. The van der Waals surface area contributed by atoms with Crippen LogP contribution in [0.3, 0.4) is 0 Å². The summed E-state index contributed by atoms with van der Waals surface area (Å²) in [6.45, 7) is 9.58. The van der Waals surface area contributed by atoms with Gasteiger partial charge in [0.05, 0.1) is 5.69 Å². The van der Waals surface area contributed by atoms with Crippen molar-refractivity contribution in [2.24, 2.45) is 0 Å². The van der Waals surface area contributed by atoms with Gasteiger partial charge in [-0.05, 0) is 57.4 Å². The fourth-order valence-corrected chi connectivity index (χ4v) is 3.64. The van der Waals surface area contributed by atoms with Crippen LogP contribution in [0.4, 0.5) is 0 Å². The number of rotatable bonds is 2. The van der Waals surface area contributed by atoms with Crippen molar-refractivity contribution in [3.05, 3.63) is 57.0 Å². The van der Waals surface area contributed by atoms with E-state index in [4.69, 9.17) is 4.52 Å². The first-order valence-electron chi connectivity index (χ1n) is 8.07. The number of aromatic nitrogens is 1. The fraction of sp³-hybridized carbons (Fsp3) is 0.350. The molecule has 0 spiro atoms. The van der Waals surface area contributed by atoms with Crippen molar-refractivity contribution in [1.29, 1.82) is 0 Å². The van der Waals surface area contributed by atoms with Crippen LogP contribution < -0.4 is 0 Å². The lowest BCUT2D eigenvalue weighted by Gasteiger charge is -2.15. The van der Waals surface area contributed by atoms with Crippen LogP contribution in [0.5, 0.6) is 0 Å². The lowest BCUT2D eigenvalue weighted by Crippen LogP contribution is -2.15. The number of ketones is 2. The van der Waals surface area contributed by atoms with Crippen LogP contribution in [0.1, 0.15) is 51.6 Å². The van der Waals surface area contributed by atoms with Crippen LogP contribution in [0.15, 0.2) is 22.2 Å². The number of nitrogens with zero attached hydrogens (tertiary/aromatic N) is 1. The van der Waals surface area contributed by atoms with Crippen molar-refractivity contribution in [2.75, 3.05) is 0 Å². The molecular weight excluding hydrogens is 302 g/mol. The van der Waals surface area contributed by atoms with Crippen molar-refractivity contribution < 1.29 is 14.1 Å². The molecule has 1 aromatic carbocycles. The summed E-state index contributed by atoms with van der Waals surface area (Å²) in [4.78, 5) is 25.5. The first-order chi connectivity index (χ1) is 11.3. The molecule has 24 heavy (non-hydrogen) atoms. The number of Topliss-reactive ketones (excluding diaryl/α,β-unsaturated/α-hetero) is 2. The van der Waals surface area contributed by atoms with Gasteiger partial charge in [-0.15, -0.1) is 0 Å². The standard InChI is InChI=1S/C20H21NO3/c1-10-6-11(2)18(12(3)7-10)19-17(22)9-15(20(19)23)8-16-13(4)21-24-14(16)5/h6-8,19H,9H2,1-5H3/b15-8+. The predicted molar refractivity (Wildman–Crippen MR) is 92.0 cm³/mol. The predicted octanol–water partition coefficient (Wildman–Crippen LogP) is 3.93. The van der Waals surface area contributed by atoms with Crippen LogP contribution in [-0.4, -0.2) is 16.7 Å². The van der Waals surface area contributed by atoms with E-state index in [0.717, 1.165) is 33.5 Å². The highest BCUT2D eigenvalue weighted by Gasteiger charge is 2.39. The molecule has 0 bridgehead atoms. The van der Waals surface area contributed by atoms with E-state index in [-0.39, 0.29) is 18.0 Å². The average molecular weight is 323 g/mol. The number of carbonyl (C=O) groups is 2. The Kier molecular flexibility index (Phi) is 3.99. The molecule has 1 aliphatic rings. The minimum absolute atomic E-state index is 0.0342. The molecule has 4 heteroatoms. The van der Waals surface area contributed by atoms with Gasteiger partial charge in [0.15, 0.2) is 11.6 Å². The first kappa shape index (κ1) is 16.4. The summed E-state index contributed by atoms with van der Waals surface area (Å²) in [5.74, 6) is -0.160. The maximum Gasteiger partial charge on any atom is 0.174 e.